The number of amides is 2. The summed E-state index contributed by atoms with van der Waals surface area (Å²) in [7, 11) is 0. The van der Waals surface area contributed by atoms with Gasteiger partial charge in [0, 0.05) is 18.7 Å². The molecule has 0 spiro atoms. The molecule has 1 aromatic rings. The third-order valence-corrected chi connectivity index (χ3v) is 5.48. The van der Waals surface area contributed by atoms with Crippen LogP contribution in [0.1, 0.15) is 36.0 Å². The van der Waals surface area contributed by atoms with Gasteiger partial charge in [-0.25, -0.2) is 0 Å². The number of fused-ring (bicyclic) bond motifs is 1. The molecule has 3 atom stereocenters. The zero-order valence-electron chi connectivity index (χ0n) is 16.2. The average Bonchev–Trinajstić information content (AvgIpc) is 3.23. The van der Waals surface area contributed by atoms with E-state index in [0.29, 0.717) is 17.1 Å². The largest absolute Gasteiger partial charge is 0.454 e. The highest BCUT2D eigenvalue weighted by Gasteiger charge is 2.30. The van der Waals surface area contributed by atoms with E-state index in [-0.39, 0.29) is 31.6 Å². The van der Waals surface area contributed by atoms with Gasteiger partial charge in [0.2, 0.25) is 12.7 Å². The van der Waals surface area contributed by atoms with Gasteiger partial charge in [0.25, 0.3) is 5.91 Å². The number of hydrogen-bond acceptors (Lipinski definition) is 6. The van der Waals surface area contributed by atoms with E-state index >= 15 is 0 Å². The molecule has 0 unspecified atom stereocenters. The molecular weight excluding hydrogens is 376 g/mol. The maximum atomic E-state index is 12.6. The first-order chi connectivity index (χ1) is 14.1. The fraction of sp³-hybridized carbons (Fsp3) is 0.524. The van der Waals surface area contributed by atoms with Crippen LogP contribution < -0.4 is 14.8 Å². The van der Waals surface area contributed by atoms with E-state index in [1.165, 1.54) is 6.42 Å². The van der Waals surface area contributed by atoms with Crippen molar-refractivity contribution < 1.29 is 28.9 Å². The van der Waals surface area contributed by atoms with Crippen molar-refractivity contribution in [2.45, 2.75) is 43.9 Å². The van der Waals surface area contributed by atoms with Crippen molar-refractivity contribution in [1.82, 2.24) is 10.2 Å². The number of piperidine rings is 1. The van der Waals surface area contributed by atoms with Crippen molar-refractivity contribution in [2.75, 3.05) is 26.5 Å². The van der Waals surface area contributed by atoms with Crippen LogP contribution >= 0.6 is 0 Å². The molecular formula is C21H26N2O6. The number of likely N-dealkylation sites (tertiary alicyclic amines) is 1. The number of carbonyl (C=O) groups excluding carboxylic acids is 2. The van der Waals surface area contributed by atoms with E-state index in [0.717, 1.165) is 25.9 Å². The predicted molar refractivity (Wildman–Crippen MR) is 104 cm³/mol. The Labute approximate surface area is 169 Å². The lowest BCUT2D eigenvalue weighted by Crippen LogP contribution is -2.49. The van der Waals surface area contributed by atoms with E-state index in [1.54, 1.807) is 30.4 Å². The third kappa shape index (κ3) is 4.54. The normalized spacial score (nSPS) is 25.7. The van der Waals surface area contributed by atoms with E-state index in [4.69, 9.17) is 14.2 Å². The minimum atomic E-state index is -0.614. The molecule has 4 rings (SSSR count). The molecule has 0 saturated carbocycles. The van der Waals surface area contributed by atoms with Crippen LogP contribution in [0.3, 0.4) is 0 Å². The van der Waals surface area contributed by atoms with Crippen molar-refractivity contribution in [3.05, 3.63) is 35.9 Å². The Morgan fingerprint density at radius 3 is 2.69 bits per heavy atom. The minimum Gasteiger partial charge on any atom is -0.454 e. The summed E-state index contributed by atoms with van der Waals surface area (Å²) in [6, 6.07) is 4.49. The molecule has 1 fully saturated rings. The molecule has 3 aliphatic rings. The quantitative estimate of drug-likeness (QED) is 0.719. The molecule has 8 nitrogen and oxygen atoms in total. The Bertz CT molecular complexity index is 789. The number of aliphatic hydroxyl groups excluding tert-OH is 1. The molecule has 2 N–H and O–H groups in total. The van der Waals surface area contributed by atoms with Gasteiger partial charge in [-0.2, -0.15) is 0 Å². The van der Waals surface area contributed by atoms with Gasteiger partial charge in [0.1, 0.15) is 6.10 Å². The summed E-state index contributed by atoms with van der Waals surface area (Å²) in [4.78, 5) is 26.9. The van der Waals surface area contributed by atoms with Crippen LogP contribution in [-0.2, 0) is 9.53 Å². The SMILES string of the molecule is O=C(N[C@H]1C=C[C@@H](CC(=O)N2CCCCC2)O[C@@H]1CO)c1ccc2c(c1)OCO2. The van der Waals surface area contributed by atoms with Crippen LogP contribution in [-0.4, -0.2) is 66.6 Å². The fourth-order valence-electron chi connectivity index (χ4n) is 3.85. The average molecular weight is 402 g/mol. The fourth-order valence-corrected chi connectivity index (χ4v) is 3.85. The first-order valence-corrected chi connectivity index (χ1v) is 10.1. The molecule has 156 valence electrons. The summed E-state index contributed by atoms with van der Waals surface area (Å²) in [6.07, 6.45) is 6.07. The molecule has 8 heteroatoms. The number of aliphatic hydroxyl groups is 1. The second-order valence-corrected chi connectivity index (χ2v) is 7.49. The van der Waals surface area contributed by atoms with Crippen LogP contribution in [0, 0.1) is 0 Å². The van der Waals surface area contributed by atoms with E-state index < -0.39 is 18.2 Å². The van der Waals surface area contributed by atoms with E-state index in [2.05, 4.69) is 5.32 Å². The Kier molecular flexibility index (Phi) is 6.01. The number of nitrogens with zero attached hydrogens (tertiary/aromatic N) is 1. The van der Waals surface area contributed by atoms with Gasteiger partial charge in [-0.1, -0.05) is 12.2 Å². The molecule has 2 amide bonds. The van der Waals surface area contributed by atoms with Gasteiger partial charge >= 0.3 is 0 Å². The first-order valence-electron chi connectivity index (χ1n) is 10.1. The highest BCUT2D eigenvalue weighted by Crippen LogP contribution is 2.32. The van der Waals surface area contributed by atoms with Crippen LogP contribution in [0.15, 0.2) is 30.4 Å². The molecule has 3 heterocycles. The summed E-state index contributed by atoms with van der Waals surface area (Å²) in [6.45, 7) is 1.48. The van der Waals surface area contributed by atoms with Gasteiger partial charge in [0.05, 0.1) is 25.2 Å². The Balaban J connectivity index is 1.36. The Hall–Kier alpha value is -2.58. The summed E-state index contributed by atoms with van der Waals surface area (Å²) in [5, 5.41) is 12.6. The van der Waals surface area contributed by atoms with Crippen LogP contribution in [0.25, 0.3) is 0 Å². The van der Waals surface area contributed by atoms with Crippen LogP contribution in [0.2, 0.25) is 0 Å². The van der Waals surface area contributed by atoms with Crippen LogP contribution in [0.4, 0.5) is 0 Å². The van der Waals surface area contributed by atoms with Gasteiger partial charge < -0.3 is 29.5 Å². The second kappa shape index (κ2) is 8.84. The third-order valence-electron chi connectivity index (χ3n) is 5.48. The molecule has 3 aliphatic heterocycles. The summed E-state index contributed by atoms with van der Waals surface area (Å²) >= 11 is 0. The first kappa shape index (κ1) is 19.7. The highest BCUT2D eigenvalue weighted by atomic mass is 16.7. The maximum Gasteiger partial charge on any atom is 0.251 e. The molecule has 0 aliphatic carbocycles. The molecule has 0 bridgehead atoms. The second-order valence-electron chi connectivity index (χ2n) is 7.49. The summed E-state index contributed by atoms with van der Waals surface area (Å²) in [5.74, 6) is 0.904. The van der Waals surface area contributed by atoms with Crippen molar-refractivity contribution >= 4 is 11.8 Å². The van der Waals surface area contributed by atoms with Crippen molar-refractivity contribution in [1.29, 1.82) is 0 Å². The number of nitrogens with one attached hydrogen (secondary N) is 1. The predicted octanol–water partition coefficient (Wildman–Crippen LogP) is 1.23. The Morgan fingerprint density at radius 2 is 1.90 bits per heavy atom. The summed E-state index contributed by atoms with van der Waals surface area (Å²) in [5.41, 5.74) is 0.432. The lowest BCUT2D eigenvalue weighted by molar-refractivity contribution is -0.136. The summed E-state index contributed by atoms with van der Waals surface area (Å²) < 4.78 is 16.4. The number of hydrogen-bond donors (Lipinski definition) is 2. The van der Waals surface area contributed by atoms with Gasteiger partial charge in [0.15, 0.2) is 11.5 Å². The van der Waals surface area contributed by atoms with Crippen molar-refractivity contribution in [2.24, 2.45) is 0 Å². The standard InChI is InChI=1S/C21H26N2O6/c24-12-19-16(22-21(26)14-4-7-17-18(10-14)28-13-27-17)6-5-15(29-19)11-20(25)23-8-2-1-3-9-23/h4-7,10,15-16,19,24H,1-3,8-9,11-13H2,(H,22,26)/t15-,16-,19+/m0/s1. The van der Waals surface area contributed by atoms with Crippen molar-refractivity contribution in [3.8, 4) is 11.5 Å². The molecule has 0 radical (unpaired) electrons. The topological polar surface area (TPSA) is 97.3 Å². The smallest absolute Gasteiger partial charge is 0.251 e. The van der Waals surface area contributed by atoms with E-state index in [9.17, 15) is 14.7 Å². The molecule has 1 aromatic carbocycles. The zero-order valence-corrected chi connectivity index (χ0v) is 16.2. The molecule has 0 aromatic heterocycles. The van der Waals surface area contributed by atoms with Crippen molar-refractivity contribution in [3.63, 3.8) is 0 Å². The van der Waals surface area contributed by atoms with Gasteiger partial charge in [-0.15, -0.1) is 0 Å². The number of ether oxygens (including phenoxy) is 3. The monoisotopic (exact) mass is 402 g/mol. The van der Waals surface area contributed by atoms with Gasteiger partial charge in [-0.3, -0.25) is 9.59 Å². The number of rotatable bonds is 5. The van der Waals surface area contributed by atoms with Crippen LogP contribution in [0.5, 0.6) is 11.5 Å². The number of carbonyl (C=O) groups is 2. The van der Waals surface area contributed by atoms with Gasteiger partial charge in [-0.05, 0) is 37.5 Å². The molecule has 1 saturated heterocycles. The maximum absolute atomic E-state index is 12.6. The highest BCUT2D eigenvalue weighted by molar-refractivity contribution is 5.95. The lowest BCUT2D eigenvalue weighted by atomic mass is 10.0. The molecule has 29 heavy (non-hydrogen) atoms. The zero-order chi connectivity index (χ0) is 20.2. The number of benzene rings is 1. The van der Waals surface area contributed by atoms with E-state index in [1.807, 2.05) is 4.90 Å². The Morgan fingerprint density at radius 1 is 1.10 bits per heavy atom. The minimum absolute atomic E-state index is 0.0684. The lowest BCUT2D eigenvalue weighted by Gasteiger charge is -2.33.